The lowest BCUT2D eigenvalue weighted by molar-refractivity contribution is -0.117. The first kappa shape index (κ1) is 15.6. The third kappa shape index (κ3) is 3.55. The van der Waals surface area contributed by atoms with Crippen molar-refractivity contribution in [3.05, 3.63) is 60.2 Å². The van der Waals surface area contributed by atoms with Gasteiger partial charge in [0, 0.05) is 11.8 Å². The molecule has 0 saturated heterocycles. The Hall–Kier alpha value is -2.29. The normalized spacial score (nSPS) is 16.7. The van der Waals surface area contributed by atoms with Crippen LogP contribution in [-0.2, 0) is 10.2 Å². The number of carbonyl (C=O) groups is 1. The summed E-state index contributed by atoms with van der Waals surface area (Å²) in [6, 6.07) is 17.9. The van der Waals surface area contributed by atoms with Crippen LogP contribution in [0.25, 0.3) is 0 Å². The number of hydrogen-bond donors (Lipinski definition) is 2. The topological polar surface area (TPSA) is 55.1 Å². The Morgan fingerprint density at radius 2 is 1.61 bits per heavy atom. The zero-order valence-corrected chi connectivity index (χ0v) is 13.4. The van der Waals surface area contributed by atoms with E-state index in [1.807, 2.05) is 30.3 Å². The Bertz CT molecular complexity index is 660. The minimum atomic E-state index is -0.0346. The summed E-state index contributed by atoms with van der Waals surface area (Å²) in [6.07, 6.45) is 6.32. The number of nitrogens with one attached hydrogen (secondary N) is 1. The van der Waals surface area contributed by atoms with E-state index in [1.54, 1.807) is 0 Å². The highest BCUT2D eigenvalue weighted by Crippen LogP contribution is 2.42. The molecule has 0 spiro atoms. The fourth-order valence-corrected chi connectivity index (χ4v) is 3.70. The molecule has 2 aromatic rings. The fraction of sp³-hybridized carbons (Fsp3) is 0.350. The number of benzene rings is 2. The van der Waals surface area contributed by atoms with Crippen LogP contribution in [0.15, 0.2) is 54.6 Å². The minimum Gasteiger partial charge on any atom is -0.397 e. The SMILES string of the molecule is Nc1ccccc1NC(=O)CC1(c2ccccc2)CCCCC1. The summed E-state index contributed by atoms with van der Waals surface area (Å²) in [5.74, 6) is 0.0497. The predicted molar refractivity (Wildman–Crippen MR) is 95.3 cm³/mol. The molecule has 120 valence electrons. The number of carbonyl (C=O) groups excluding carboxylic acids is 1. The van der Waals surface area contributed by atoms with Gasteiger partial charge in [0.25, 0.3) is 0 Å². The molecule has 3 nitrogen and oxygen atoms in total. The summed E-state index contributed by atoms with van der Waals surface area (Å²) < 4.78 is 0. The summed E-state index contributed by atoms with van der Waals surface area (Å²) >= 11 is 0. The van der Waals surface area contributed by atoms with Crippen molar-refractivity contribution in [2.75, 3.05) is 11.1 Å². The molecule has 23 heavy (non-hydrogen) atoms. The maximum Gasteiger partial charge on any atom is 0.225 e. The van der Waals surface area contributed by atoms with Crippen molar-refractivity contribution in [2.45, 2.75) is 43.9 Å². The fourth-order valence-electron chi connectivity index (χ4n) is 3.70. The van der Waals surface area contributed by atoms with Gasteiger partial charge in [-0.15, -0.1) is 0 Å². The lowest BCUT2D eigenvalue weighted by Crippen LogP contribution is -2.34. The number of anilines is 2. The van der Waals surface area contributed by atoms with E-state index in [-0.39, 0.29) is 11.3 Å². The van der Waals surface area contributed by atoms with Gasteiger partial charge >= 0.3 is 0 Å². The Kier molecular flexibility index (Phi) is 4.65. The summed E-state index contributed by atoms with van der Waals surface area (Å²) in [6.45, 7) is 0. The molecule has 1 amide bonds. The average molecular weight is 308 g/mol. The number of para-hydroxylation sites is 2. The van der Waals surface area contributed by atoms with Crippen molar-refractivity contribution < 1.29 is 4.79 Å². The molecule has 1 aliphatic carbocycles. The Labute approximate surface area is 137 Å². The highest BCUT2D eigenvalue weighted by atomic mass is 16.1. The van der Waals surface area contributed by atoms with Crippen molar-refractivity contribution in [3.63, 3.8) is 0 Å². The number of amides is 1. The van der Waals surface area contributed by atoms with E-state index in [0.717, 1.165) is 12.8 Å². The number of nitrogen functional groups attached to an aromatic ring is 1. The molecule has 1 saturated carbocycles. The van der Waals surface area contributed by atoms with Crippen molar-refractivity contribution >= 4 is 17.3 Å². The maximum absolute atomic E-state index is 12.6. The lowest BCUT2D eigenvalue weighted by Gasteiger charge is -2.37. The van der Waals surface area contributed by atoms with Crippen molar-refractivity contribution in [2.24, 2.45) is 0 Å². The van der Waals surface area contributed by atoms with Crippen LogP contribution in [0.3, 0.4) is 0 Å². The molecule has 0 bridgehead atoms. The molecule has 0 aromatic heterocycles. The molecule has 1 aliphatic rings. The zero-order chi connectivity index (χ0) is 16.1. The van der Waals surface area contributed by atoms with E-state index in [0.29, 0.717) is 17.8 Å². The van der Waals surface area contributed by atoms with E-state index < -0.39 is 0 Å². The molecule has 3 N–H and O–H groups in total. The average Bonchev–Trinajstić information content (AvgIpc) is 2.58. The summed E-state index contributed by atoms with van der Waals surface area (Å²) in [5, 5.41) is 2.99. The Morgan fingerprint density at radius 3 is 2.30 bits per heavy atom. The second-order valence-corrected chi connectivity index (χ2v) is 6.52. The monoisotopic (exact) mass is 308 g/mol. The largest absolute Gasteiger partial charge is 0.397 e. The second-order valence-electron chi connectivity index (χ2n) is 6.52. The first-order valence-electron chi connectivity index (χ1n) is 8.40. The van der Waals surface area contributed by atoms with Crippen LogP contribution in [0.5, 0.6) is 0 Å². The molecule has 0 heterocycles. The van der Waals surface area contributed by atoms with Crippen LogP contribution >= 0.6 is 0 Å². The van der Waals surface area contributed by atoms with Crippen LogP contribution in [0.1, 0.15) is 44.1 Å². The molecular formula is C20H24N2O. The van der Waals surface area contributed by atoms with Gasteiger partial charge in [0.05, 0.1) is 11.4 Å². The van der Waals surface area contributed by atoms with Gasteiger partial charge < -0.3 is 11.1 Å². The molecule has 0 aliphatic heterocycles. The van der Waals surface area contributed by atoms with Gasteiger partial charge in [-0.05, 0) is 30.5 Å². The molecule has 2 aromatic carbocycles. The van der Waals surface area contributed by atoms with E-state index in [1.165, 1.54) is 24.8 Å². The maximum atomic E-state index is 12.6. The number of rotatable bonds is 4. The predicted octanol–water partition coefficient (Wildman–Crippen LogP) is 4.50. The molecule has 0 unspecified atom stereocenters. The van der Waals surface area contributed by atoms with Crippen LogP contribution in [-0.4, -0.2) is 5.91 Å². The summed E-state index contributed by atoms with van der Waals surface area (Å²) in [4.78, 5) is 12.6. The van der Waals surface area contributed by atoms with Crippen LogP contribution < -0.4 is 11.1 Å². The van der Waals surface area contributed by atoms with Gasteiger partial charge in [-0.3, -0.25) is 4.79 Å². The molecule has 3 rings (SSSR count). The number of hydrogen-bond acceptors (Lipinski definition) is 2. The molecule has 1 fully saturated rings. The van der Waals surface area contributed by atoms with Crippen LogP contribution in [0, 0.1) is 0 Å². The van der Waals surface area contributed by atoms with E-state index in [9.17, 15) is 4.79 Å². The highest BCUT2D eigenvalue weighted by molar-refractivity contribution is 5.94. The summed E-state index contributed by atoms with van der Waals surface area (Å²) in [5.41, 5.74) is 8.50. The van der Waals surface area contributed by atoms with Gasteiger partial charge in [0.1, 0.15) is 0 Å². The van der Waals surface area contributed by atoms with Crippen molar-refractivity contribution in [3.8, 4) is 0 Å². The third-order valence-corrected chi connectivity index (χ3v) is 4.93. The summed E-state index contributed by atoms with van der Waals surface area (Å²) in [7, 11) is 0. The number of nitrogens with two attached hydrogens (primary N) is 1. The van der Waals surface area contributed by atoms with Gasteiger partial charge in [0.2, 0.25) is 5.91 Å². The molecular weight excluding hydrogens is 284 g/mol. The smallest absolute Gasteiger partial charge is 0.225 e. The van der Waals surface area contributed by atoms with Gasteiger partial charge in [-0.2, -0.15) is 0 Å². The zero-order valence-electron chi connectivity index (χ0n) is 13.4. The van der Waals surface area contributed by atoms with Crippen molar-refractivity contribution in [1.82, 2.24) is 0 Å². The third-order valence-electron chi connectivity index (χ3n) is 4.93. The van der Waals surface area contributed by atoms with Gasteiger partial charge in [0.15, 0.2) is 0 Å². The quantitative estimate of drug-likeness (QED) is 0.817. The Morgan fingerprint density at radius 1 is 0.957 bits per heavy atom. The minimum absolute atomic E-state index is 0.0346. The first-order valence-corrected chi connectivity index (χ1v) is 8.40. The van der Waals surface area contributed by atoms with Crippen LogP contribution in [0.2, 0.25) is 0 Å². The molecule has 3 heteroatoms. The van der Waals surface area contributed by atoms with E-state index >= 15 is 0 Å². The standard InChI is InChI=1S/C20H24N2O/c21-17-11-5-6-12-18(17)22-19(23)15-20(13-7-2-8-14-20)16-9-3-1-4-10-16/h1,3-6,9-12H,2,7-8,13-15,21H2,(H,22,23). The molecule has 0 atom stereocenters. The van der Waals surface area contributed by atoms with Crippen LogP contribution in [0.4, 0.5) is 11.4 Å². The molecule has 0 radical (unpaired) electrons. The van der Waals surface area contributed by atoms with E-state index in [4.69, 9.17) is 5.73 Å². The van der Waals surface area contributed by atoms with Crippen molar-refractivity contribution in [1.29, 1.82) is 0 Å². The highest BCUT2D eigenvalue weighted by Gasteiger charge is 2.35. The van der Waals surface area contributed by atoms with Gasteiger partial charge in [-0.1, -0.05) is 61.7 Å². The first-order chi connectivity index (χ1) is 11.2. The Balaban J connectivity index is 1.79. The van der Waals surface area contributed by atoms with E-state index in [2.05, 4.69) is 29.6 Å². The van der Waals surface area contributed by atoms with Gasteiger partial charge in [-0.25, -0.2) is 0 Å². The lowest BCUT2D eigenvalue weighted by atomic mass is 9.67. The second kappa shape index (κ2) is 6.86.